The van der Waals surface area contributed by atoms with Crippen LogP contribution in [-0.2, 0) is 4.74 Å². The number of nitrogens with two attached hydrogens (primary N) is 1. The molecule has 0 spiro atoms. The van der Waals surface area contributed by atoms with Gasteiger partial charge < -0.3 is 26.2 Å². The van der Waals surface area contributed by atoms with E-state index in [9.17, 15) is 5.11 Å². The maximum atomic E-state index is 9.63. The fraction of sp³-hybridized carbons (Fsp3) is 0.737. The molecule has 3 unspecified atom stereocenters. The third-order valence-corrected chi connectivity index (χ3v) is 6.48. The molecule has 27 heavy (non-hydrogen) atoms. The summed E-state index contributed by atoms with van der Waals surface area (Å²) in [7, 11) is 0. The number of aliphatic hydroxyl groups is 1. The van der Waals surface area contributed by atoms with E-state index in [-0.39, 0.29) is 12.1 Å². The Bertz CT molecular complexity index is 695. The predicted molar refractivity (Wildman–Crippen MR) is 111 cm³/mol. The van der Waals surface area contributed by atoms with Crippen LogP contribution in [0.4, 0.5) is 11.8 Å². The molecule has 1 aliphatic heterocycles. The van der Waals surface area contributed by atoms with Gasteiger partial charge in [0.05, 0.1) is 11.3 Å². The molecule has 0 radical (unpaired) electrons. The van der Waals surface area contributed by atoms with Gasteiger partial charge in [-0.25, -0.2) is 4.98 Å². The highest BCUT2D eigenvalue weighted by Gasteiger charge is 2.42. The lowest BCUT2D eigenvalue weighted by molar-refractivity contribution is 0.0903. The molecule has 0 bridgehead atoms. The fourth-order valence-electron chi connectivity index (χ4n) is 4.23. The monoisotopic (exact) mass is 393 g/mol. The van der Waals surface area contributed by atoms with Gasteiger partial charge in [0.15, 0.2) is 0 Å². The van der Waals surface area contributed by atoms with Crippen LogP contribution in [-0.4, -0.2) is 51.5 Å². The van der Waals surface area contributed by atoms with Crippen molar-refractivity contribution < 1.29 is 9.84 Å². The van der Waals surface area contributed by atoms with Gasteiger partial charge in [-0.1, -0.05) is 19.1 Å². The van der Waals surface area contributed by atoms with Crippen LogP contribution in [0.3, 0.4) is 0 Å². The number of aliphatic hydroxyl groups excluding tert-OH is 1. The first-order valence-electron chi connectivity index (χ1n) is 9.76. The molecule has 3 rings (SSSR count). The molecule has 1 saturated carbocycles. The van der Waals surface area contributed by atoms with Crippen molar-refractivity contribution in [2.75, 3.05) is 30.5 Å². The van der Waals surface area contributed by atoms with Gasteiger partial charge in [-0.05, 0) is 51.4 Å². The highest BCUT2D eigenvalue weighted by Crippen LogP contribution is 2.42. The number of nitrogens with one attached hydrogen (secondary N) is 2. The van der Waals surface area contributed by atoms with E-state index in [2.05, 4.69) is 29.5 Å². The predicted octanol–water partition coefficient (Wildman–Crippen LogP) is 2.22. The first kappa shape index (κ1) is 20.2. The van der Waals surface area contributed by atoms with Gasteiger partial charge in [0.25, 0.3) is 0 Å². The summed E-state index contributed by atoms with van der Waals surface area (Å²) in [4.78, 5) is 9.62. The summed E-state index contributed by atoms with van der Waals surface area (Å²) >= 11 is 5.28. The topological polar surface area (TPSA) is 105 Å². The molecule has 8 heteroatoms. The minimum Gasteiger partial charge on any atom is -0.396 e. The number of hydrogen-bond donors (Lipinski definition) is 4. The molecule has 1 aliphatic carbocycles. The highest BCUT2D eigenvalue weighted by molar-refractivity contribution is 7.80. The largest absolute Gasteiger partial charge is 0.396 e. The standard InChI is InChI=1S/C19H31N5O2S/c1-11-13(10-25)4-7-19(11,3)24-17-15(16(20)27)12(2)21-18(23-17)22-14-5-8-26-9-6-14/h11,13-14,25H,4-10H2,1-3H3,(H2,20,27)(H2,21,22,23,24). The van der Waals surface area contributed by atoms with Crippen LogP contribution in [0, 0.1) is 18.8 Å². The van der Waals surface area contributed by atoms with Crippen molar-refractivity contribution in [1.82, 2.24) is 9.97 Å². The van der Waals surface area contributed by atoms with Crippen LogP contribution in [0.25, 0.3) is 0 Å². The molecule has 150 valence electrons. The van der Waals surface area contributed by atoms with Gasteiger partial charge in [0.2, 0.25) is 5.95 Å². The van der Waals surface area contributed by atoms with Gasteiger partial charge in [-0.2, -0.15) is 4.98 Å². The SMILES string of the molecule is Cc1nc(NC2CCOCC2)nc(NC2(C)CCC(CO)C2C)c1C(N)=S. The molecule has 1 saturated heterocycles. The van der Waals surface area contributed by atoms with Crippen LogP contribution in [0.15, 0.2) is 0 Å². The van der Waals surface area contributed by atoms with Gasteiger partial charge >= 0.3 is 0 Å². The Balaban J connectivity index is 1.88. The maximum Gasteiger partial charge on any atom is 0.225 e. The molecule has 2 heterocycles. The molecule has 1 aromatic rings. The lowest BCUT2D eigenvalue weighted by atomic mass is 9.86. The molecule has 3 atom stereocenters. The number of hydrogen-bond acceptors (Lipinski definition) is 7. The Labute approximate surface area is 166 Å². The summed E-state index contributed by atoms with van der Waals surface area (Å²) in [5.74, 6) is 1.87. The quantitative estimate of drug-likeness (QED) is 0.545. The zero-order valence-corrected chi connectivity index (χ0v) is 17.2. The highest BCUT2D eigenvalue weighted by atomic mass is 32.1. The summed E-state index contributed by atoms with van der Waals surface area (Å²) in [6, 6.07) is 0.307. The van der Waals surface area contributed by atoms with E-state index in [0.717, 1.165) is 44.6 Å². The minimum absolute atomic E-state index is 0.177. The Morgan fingerprint density at radius 3 is 2.63 bits per heavy atom. The van der Waals surface area contributed by atoms with Crippen LogP contribution >= 0.6 is 12.2 Å². The Kier molecular flexibility index (Phi) is 6.18. The lowest BCUT2D eigenvalue weighted by Crippen LogP contribution is -2.40. The number of ether oxygens (including phenoxy) is 1. The number of rotatable bonds is 6. The van der Waals surface area contributed by atoms with E-state index in [4.69, 9.17) is 27.7 Å². The second kappa shape index (κ2) is 8.24. The summed E-state index contributed by atoms with van der Waals surface area (Å²) in [6.07, 6.45) is 3.83. The molecule has 2 fully saturated rings. The van der Waals surface area contributed by atoms with E-state index in [1.165, 1.54) is 0 Å². The van der Waals surface area contributed by atoms with Crippen LogP contribution in [0.2, 0.25) is 0 Å². The minimum atomic E-state index is -0.177. The molecule has 2 aliphatic rings. The molecule has 5 N–H and O–H groups in total. The van der Waals surface area contributed by atoms with E-state index >= 15 is 0 Å². The first-order chi connectivity index (χ1) is 12.8. The smallest absolute Gasteiger partial charge is 0.225 e. The van der Waals surface area contributed by atoms with E-state index < -0.39 is 0 Å². The Morgan fingerprint density at radius 2 is 2.04 bits per heavy atom. The number of anilines is 2. The third-order valence-electron chi connectivity index (χ3n) is 6.28. The summed E-state index contributed by atoms with van der Waals surface area (Å²) in [5.41, 5.74) is 7.28. The van der Waals surface area contributed by atoms with Gasteiger partial charge in [0, 0.05) is 31.4 Å². The first-order valence-corrected chi connectivity index (χ1v) is 10.2. The van der Waals surface area contributed by atoms with Crippen molar-refractivity contribution in [2.24, 2.45) is 17.6 Å². The van der Waals surface area contributed by atoms with Crippen LogP contribution in [0.1, 0.15) is 50.8 Å². The maximum absolute atomic E-state index is 9.63. The van der Waals surface area contributed by atoms with Crippen LogP contribution < -0.4 is 16.4 Å². The number of thiocarbonyl (C=S) groups is 1. The van der Waals surface area contributed by atoms with Crippen molar-refractivity contribution in [3.63, 3.8) is 0 Å². The molecular formula is C19H31N5O2S. The average Bonchev–Trinajstić information content (AvgIpc) is 2.89. The van der Waals surface area contributed by atoms with Crippen molar-refractivity contribution in [1.29, 1.82) is 0 Å². The van der Waals surface area contributed by atoms with E-state index in [1.54, 1.807) is 0 Å². The molecule has 0 aromatic carbocycles. The number of aryl methyl sites for hydroxylation is 1. The zero-order chi connectivity index (χ0) is 19.6. The number of nitrogens with zero attached hydrogens (tertiary/aromatic N) is 2. The summed E-state index contributed by atoms with van der Waals surface area (Å²) in [5, 5.41) is 16.7. The van der Waals surface area contributed by atoms with Gasteiger partial charge in [-0.3, -0.25) is 0 Å². The normalized spacial score (nSPS) is 28.9. The Morgan fingerprint density at radius 1 is 1.33 bits per heavy atom. The third kappa shape index (κ3) is 4.33. The Hall–Kier alpha value is -1.51. The lowest BCUT2D eigenvalue weighted by Gasteiger charge is -2.34. The number of aromatic nitrogens is 2. The molecule has 0 amide bonds. The van der Waals surface area contributed by atoms with Gasteiger partial charge in [0.1, 0.15) is 10.8 Å². The molecule has 1 aromatic heterocycles. The summed E-state index contributed by atoms with van der Waals surface area (Å²) < 4.78 is 5.42. The van der Waals surface area contributed by atoms with E-state index in [0.29, 0.717) is 40.2 Å². The van der Waals surface area contributed by atoms with Crippen LogP contribution in [0.5, 0.6) is 0 Å². The summed E-state index contributed by atoms with van der Waals surface area (Å²) in [6.45, 7) is 7.99. The fourth-order valence-corrected chi connectivity index (χ4v) is 4.47. The van der Waals surface area contributed by atoms with Gasteiger partial charge in [-0.15, -0.1) is 0 Å². The van der Waals surface area contributed by atoms with Crippen molar-refractivity contribution >= 4 is 29.0 Å². The van der Waals surface area contributed by atoms with Crippen molar-refractivity contribution in [3.8, 4) is 0 Å². The van der Waals surface area contributed by atoms with E-state index in [1.807, 2.05) is 6.92 Å². The average molecular weight is 394 g/mol. The van der Waals surface area contributed by atoms with Crippen molar-refractivity contribution in [2.45, 2.75) is 58.0 Å². The second-order valence-corrected chi connectivity index (χ2v) is 8.50. The molecular weight excluding hydrogens is 362 g/mol. The molecule has 7 nitrogen and oxygen atoms in total. The van der Waals surface area contributed by atoms with Crippen molar-refractivity contribution in [3.05, 3.63) is 11.3 Å². The second-order valence-electron chi connectivity index (χ2n) is 8.06. The zero-order valence-electron chi connectivity index (χ0n) is 16.4.